The maximum atomic E-state index is 11.1. The topological polar surface area (TPSA) is 23.5 Å². The highest BCUT2D eigenvalue weighted by Gasteiger charge is 2.30. The highest BCUT2D eigenvalue weighted by molar-refractivity contribution is 5.88. The summed E-state index contributed by atoms with van der Waals surface area (Å²) in [6.45, 7) is 7.04. The number of phenolic OH excluding ortho intramolecular Hbond substituents is 1. The lowest BCUT2D eigenvalue weighted by Crippen LogP contribution is -2.33. The molecule has 1 N–H and O–H groups in total. The van der Waals surface area contributed by atoms with E-state index in [0.717, 1.165) is 29.3 Å². The van der Waals surface area contributed by atoms with E-state index in [0.29, 0.717) is 5.75 Å². The molecular weight excluding hydrogens is 378 g/mol. The van der Waals surface area contributed by atoms with Gasteiger partial charge < -0.3 is 5.11 Å². The summed E-state index contributed by atoms with van der Waals surface area (Å²) < 4.78 is 0. The van der Waals surface area contributed by atoms with E-state index in [-0.39, 0.29) is 12.1 Å². The van der Waals surface area contributed by atoms with Gasteiger partial charge in [-0.25, -0.2) is 0 Å². The summed E-state index contributed by atoms with van der Waals surface area (Å²) in [6, 6.07) is 33.3. The van der Waals surface area contributed by atoms with Gasteiger partial charge in [0.2, 0.25) is 0 Å². The summed E-state index contributed by atoms with van der Waals surface area (Å²) in [7, 11) is 0. The Balaban J connectivity index is 1.94. The molecular formula is C29H29NO. The van der Waals surface area contributed by atoms with Crippen LogP contribution in [0.2, 0.25) is 0 Å². The Bertz CT molecular complexity index is 1140. The van der Waals surface area contributed by atoms with Crippen LogP contribution in [0, 0.1) is 0 Å². The maximum absolute atomic E-state index is 11.1. The van der Waals surface area contributed by atoms with E-state index < -0.39 is 0 Å². The van der Waals surface area contributed by atoms with E-state index in [9.17, 15) is 5.11 Å². The van der Waals surface area contributed by atoms with Gasteiger partial charge in [-0.15, -0.1) is 6.58 Å². The lowest BCUT2D eigenvalue weighted by Gasteiger charge is -2.38. The standard InChI is InChI=1S/C29H29NO/c1-3-4-21-30(22(2)23-13-7-5-8-14-23)29(25-16-9-6-10-17-25)28-26-18-12-11-15-24(26)19-20-27(28)31/h3,5-20,22,29,31H,1,4,21H2,2H3/t22-,29-/m1/s1. The number of fused-ring (bicyclic) bond motifs is 1. The van der Waals surface area contributed by atoms with Crippen molar-refractivity contribution >= 4 is 10.8 Å². The van der Waals surface area contributed by atoms with Crippen LogP contribution < -0.4 is 0 Å². The van der Waals surface area contributed by atoms with Crippen LogP contribution in [0.25, 0.3) is 10.8 Å². The average Bonchev–Trinajstić information content (AvgIpc) is 2.83. The quantitative estimate of drug-likeness (QED) is 0.310. The van der Waals surface area contributed by atoms with Gasteiger partial charge >= 0.3 is 0 Å². The molecule has 0 fully saturated rings. The van der Waals surface area contributed by atoms with Crippen molar-refractivity contribution < 1.29 is 5.11 Å². The van der Waals surface area contributed by atoms with Crippen LogP contribution in [-0.4, -0.2) is 16.6 Å². The van der Waals surface area contributed by atoms with Gasteiger partial charge in [0.25, 0.3) is 0 Å². The minimum Gasteiger partial charge on any atom is -0.508 e. The molecule has 0 aliphatic rings. The first kappa shape index (κ1) is 20.9. The smallest absolute Gasteiger partial charge is 0.121 e. The summed E-state index contributed by atoms with van der Waals surface area (Å²) in [6.07, 6.45) is 2.84. The predicted molar refractivity (Wildman–Crippen MR) is 130 cm³/mol. The fraction of sp³-hybridized carbons (Fsp3) is 0.172. The third kappa shape index (κ3) is 4.40. The molecule has 2 heteroatoms. The number of benzene rings is 4. The molecule has 0 amide bonds. The van der Waals surface area contributed by atoms with Crippen molar-refractivity contribution in [3.8, 4) is 5.75 Å². The third-order valence-corrected chi connectivity index (χ3v) is 6.04. The lowest BCUT2D eigenvalue weighted by molar-refractivity contribution is 0.169. The van der Waals surface area contributed by atoms with Gasteiger partial charge in [0.15, 0.2) is 0 Å². The molecule has 0 aliphatic heterocycles. The van der Waals surface area contributed by atoms with E-state index >= 15 is 0 Å². The minimum atomic E-state index is -0.0949. The van der Waals surface area contributed by atoms with Crippen LogP contribution in [0.3, 0.4) is 0 Å². The van der Waals surface area contributed by atoms with Crippen molar-refractivity contribution in [3.63, 3.8) is 0 Å². The van der Waals surface area contributed by atoms with Crippen LogP contribution in [0.1, 0.15) is 42.1 Å². The minimum absolute atomic E-state index is 0.0949. The summed E-state index contributed by atoms with van der Waals surface area (Å²) in [5, 5.41) is 13.3. The second-order valence-corrected chi connectivity index (χ2v) is 7.93. The van der Waals surface area contributed by atoms with Crippen LogP contribution in [-0.2, 0) is 0 Å². The summed E-state index contributed by atoms with van der Waals surface area (Å²) in [4.78, 5) is 2.48. The van der Waals surface area contributed by atoms with Crippen LogP contribution in [0.4, 0.5) is 0 Å². The number of phenols is 1. The fourth-order valence-corrected chi connectivity index (χ4v) is 4.44. The van der Waals surface area contributed by atoms with Gasteiger partial charge in [-0.05, 0) is 41.3 Å². The monoisotopic (exact) mass is 407 g/mol. The zero-order valence-electron chi connectivity index (χ0n) is 18.0. The van der Waals surface area contributed by atoms with Gasteiger partial charge in [0.1, 0.15) is 5.75 Å². The molecule has 0 heterocycles. The number of hydrogen-bond acceptors (Lipinski definition) is 2. The number of hydrogen-bond donors (Lipinski definition) is 1. The zero-order chi connectivity index (χ0) is 21.6. The molecule has 0 aromatic heterocycles. The Kier molecular flexibility index (Phi) is 6.49. The van der Waals surface area contributed by atoms with Crippen molar-refractivity contribution in [3.05, 3.63) is 126 Å². The van der Waals surface area contributed by atoms with E-state index in [1.54, 1.807) is 0 Å². The third-order valence-electron chi connectivity index (χ3n) is 6.04. The van der Waals surface area contributed by atoms with Crippen LogP contribution >= 0.6 is 0 Å². The zero-order valence-corrected chi connectivity index (χ0v) is 18.0. The van der Waals surface area contributed by atoms with Crippen LogP contribution in [0.15, 0.2) is 110 Å². The molecule has 0 saturated carbocycles. The normalized spacial score (nSPS) is 13.2. The Labute approximate surface area is 185 Å². The van der Waals surface area contributed by atoms with Gasteiger partial charge in [-0.2, -0.15) is 0 Å². The number of rotatable bonds is 8. The maximum Gasteiger partial charge on any atom is 0.121 e. The molecule has 0 spiro atoms. The molecule has 2 nitrogen and oxygen atoms in total. The Morgan fingerprint density at radius 3 is 2.10 bits per heavy atom. The summed E-state index contributed by atoms with van der Waals surface area (Å²) >= 11 is 0. The molecule has 0 saturated heterocycles. The van der Waals surface area contributed by atoms with E-state index in [2.05, 4.69) is 85.1 Å². The van der Waals surface area contributed by atoms with Crippen molar-refractivity contribution in [1.82, 2.24) is 4.90 Å². The molecule has 2 atom stereocenters. The van der Waals surface area contributed by atoms with E-state index in [1.807, 2.05) is 36.4 Å². The first-order valence-corrected chi connectivity index (χ1v) is 10.9. The fourth-order valence-electron chi connectivity index (χ4n) is 4.44. The predicted octanol–water partition coefficient (Wildman–Crippen LogP) is 7.27. The molecule has 156 valence electrons. The molecule has 0 bridgehead atoms. The van der Waals surface area contributed by atoms with Gasteiger partial charge in [0.05, 0.1) is 6.04 Å². The largest absolute Gasteiger partial charge is 0.508 e. The molecule has 31 heavy (non-hydrogen) atoms. The lowest BCUT2D eigenvalue weighted by atomic mass is 9.89. The second-order valence-electron chi connectivity index (χ2n) is 7.93. The molecule has 4 aromatic rings. The summed E-state index contributed by atoms with van der Waals surface area (Å²) in [5.41, 5.74) is 3.38. The average molecular weight is 408 g/mol. The highest BCUT2D eigenvalue weighted by Crippen LogP contribution is 2.42. The Morgan fingerprint density at radius 1 is 0.806 bits per heavy atom. The van der Waals surface area contributed by atoms with E-state index in [1.165, 1.54) is 11.1 Å². The first-order chi connectivity index (χ1) is 15.2. The number of nitrogens with zero attached hydrogens (tertiary/aromatic N) is 1. The van der Waals surface area contributed by atoms with Crippen molar-refractivity contribution in [2.75, 3.05) is 6.54 Å². The first-order valence-electron chi connectivity index (χ1n) is 10.9. The van der Waals surface area contributed by atoms with Gasteiger partial charge in [0, 0.05) is 18.2 Å². The molecule has 0 unspecified atom stereocenters. The van der Waals surface area contributed by atoms with Gasteiger partial charge in [-0.1, -0.05) is 97.1 Å². The Morgan fingerprint density at radius 2 is 1.42 bits per heavy atom. The molecule has 0 radical (unpaired) electrons. The van der Waals surface area contributed by atoms with Gasteiger partial charge in [-0.3, -0.25) is 4.90 Å². The molecule has 0 aliphatic carbocycles. The second kappa shape index (κ2) is 9.63. The molecule has 4 rings (SSSR count). The number of aromatic hydroxyl groups is 1. The SMILES string of the molecule is C=CCCN([C@H](c1ccccc1)c1c(O)ccc2ccccc12)[C@H](C)c1ccccc1. The Hall–Kier alpha value is -3.36. The van der Waals surface area contributed by atoms with Crippen molar-refractivity contribution in [2.45, 2.75) is 25.4 Å². The van der Waals surface area contributed by atoms with Crippen molar-refractivity contribution in [2.24, 2.45) is 0 Å². The highest BCUT2D eigenvalue weighted by atomic mass is 16.3. The van der Waals surface area contributed by atoms with Crippen molar-refractivity contribution in [1.29, 1.82) is 0 Å². The molecule has 4 aromatic carbocycles. The van der Waals surface area contributed by atoms with Crippen LogP contribution in [0.5, 0.6) is 5.75 Å². The van der Waals surface area contributed by atoms with E-state index in [4.69, 9.17) is 0 Å². The summed E-state index contributed by atoms with van der Waals surface area (Å²) in [5.74, 6) is 0.330.